The summed E-state index contributed by atoms with van der Waals surface area (Å²) in [5.41, 5.74) is 2.84. The van der Waals surface area contributed by atoms with Crippen LogP contribution in [0.3, 0.4) is 0 Å². The number of amides is 1. The molecule has 0 saturated carbocycles. The standard InChI is InChI=1S/C18H19N3O4/c1-11-14-5-4-13(10-15(14)21-20-11)19-18(23)12-3-6-16(24-2)17(9-12)25-8-7-22/h3-6,9-10,22H,7-8H2,1-2H3,(H,19,23)(H,20,21). The maximum absolute atomic E-state index is 12.5. The monoisotopic (exact) mass is 341 g/mol. The van der Waals surface area contributed by atoms with Gasteiger partial charge in [0.1, 0.15) is 6.61 Å². The molecule has 1 aromatic heterocycles. The number of nitrogens with zero attached hydrogens (tertiary/aromatic N) is 1. The molecule has 0 radical (unpaired) electrons. The van der Waals surface area contributed by atoms with Gasteiger partial charge in [-0.1, -0.05) is 0 Å². The Morgan fingerprint density at radius 3 is 2.84 bits per heavy atom. The molecule has 0 unspecified atom stereocenters. The lowest BCUT2D eigenvalue weighted by Gasteiger charge is -2.12. The molecule has 0 aliphatic carbocycles. The number of aryl methyl sites for hydroxylation is 1. The largest absolute Gasteiger partial charge is 0.493 e. The summed E-state index contributed by atoms with van der Waals surface area (Å²) in [4.78, 5) is 12.5. The highest BCUT2D eigenvalue weighted by Crippen LogP contribution is 2.28. The maximum Gasteiger partial charge on any atom is 0.255 e. The summed E-state index contributed by atoms with van der Waals surface area (Å²) in [6.45, 7) is 1.94. The highest BCUT2D eigenvalue weighted by molar-refractivity contribution is 6.05. The summed E-state index contributed by atoms with van der Waals surface area (Å²) < 4.78 is 10.6. The van der Waals surface area contributed by atoms with Crippen molar-refractivity contribution in [2.24, 2.45) is 0 Å². The predicted octanol–water partition coefficient (Wildman–Crippen LogP) is 2.50. The van der Waals surface area contributed by atoms with Crippen molar-refractivity contribution >= 4 is 22.5 Å². The lowest BCUT2D eigenvalue weighted by Crippen LogP contribution is -2.12. The summed E-state index contributed by atoms with van der Waals surface area (Å²) in [5, 5.41) is 19.9. The Morgan fingerprint density at radius 2 is 2.08 bits per heavy atom. The number of hydrogen-bond acceptors (Lipinski definition) is 5. The molecule has 2 aromatic carbocycles. The third-order valence-corrected chi connectivity index (χ3v) is 3.78. The lowest BCUT2D eigenvalue weighted by molar-refractivity contribution is 0.102. The minimum Gasteiger partial charge on any atom is -0.493 e. The van der Waals surface area contributed by atoms with Crippen LogP contribution in [0.2, 0.25) is 0 Å². The number of carbonyl (C=O) groups excluding carboxylic acids is 1. The minimum atomic E-state index is -0.275. The number of rotatable bonds is 6. The third kappa shape index (κ3) is 3.56. The van der Waals surface area contributed by atoms with E-state index in [4.69, 9.17) is 14.6 Å². The van der Waals surface area contributed by atoms with E-state index in [-0.39, 0.29) is 19.1 Å². The number of aliphatic hydroxyl groups is 1. The van der Waals surface area contributed by atoms with Crippen molar-refractivity contribution in [3.8, 4) is 11.5 Å². The molecule has 25 heavy (non-hydrogen) atoms. The highest BCUT2D eigenvalue weighted by atomic mass is 16.5. The van der Waals surface area contributed by atoms with Gasteiger partial charge in [0.05, 0.1) is 19.2 Å². The summed E-state index contributed by atoms with van der Waals surface area (Å²) in [7, 11) is 1.52. The van der Waals surface area contributed by atoms with Gasteiger partial charge in [-0.25, -0.2) is 0 Å². The van der Waals surface area contributed by atoms with Crippen molar-refractivity contribution in [1.29, 1.82) is 0 Å². The normalized spacial score (nSPS) is 10.7. The van der Waals surface area contributed by atoms with Crippen molar-refractivity contribution in [2.75, 3.05) is 25.6 Å². The number of benzene rings is 2. The SMILES string of the molecule is COc1ccc(C(=O)Nc2ccc3c(C)[nH]nc3c2)cc1OCCO. The van der Waals surface area contributed by atoms with E-state index < -0.39 is 0 Å². The third-order valence-electron chi connectivity index (χ3n) is 3.78. The Kier molecular flexibility index (Phi) is 4.85. The van der Waals surface area contributed by atoms with Gasteiger partial charge in [0.2, 0.25) is 0 Å². The van der Waals surface area contributed by atoms with Gasteiger partial charge in [-0.2, -0.15) is 5.10 Å². The fraction of sp³-hybridized carbons (Fsp3) is 0.222. The Hall–Kier alpha value is -3.06. The van der Waals surface area contributed by atoms with E-state index in [1.807, 2.05) is 25.1 Å². The van der Waals surface area contributed by atoms with Gasteiger partial charge in [0.25, 0.3) is 5.91 Å². The van der Waals surface area contributed by atoms with Crippen molar-refractivity contribution in [3.05, 3.63) is 47.7 Å². The van der Waals surface area contributed by atoms with Crippen LogP contribution in [0.1, 0.15) is 16.1 Å². The molecule has 7 heteroatoms. The van der Waals surface area contributed by atoms with Crippen molar-refractivity contribution in [3.63, 3.8) is 0 Å². The number of anilines is 1. The van der Waals surface area contributed by atoms with Crippen LogP contribution in [0.4, 0.5) is 5.69 Å². The zero-order valence-corrected chi connectivity index (χ0v) is 14.0. The van der Waals surface area contributed by atoms with E-state index in [1.165, 1.54) is 7.11 Å². The van der Waals surface area contributed by atoms with Gasteiger partial charge in [0.15, 0.2) is 11.5 Å². The average Bonchev–Trinajstić information content (AvgIpc) is 3.00. The van der Waals surface area contributed by atoms with Crippen molar-refractivity contribution in [1.82, 2.24) is 10.2 Å². The Balaban J connectivity index is 1.81. The van der Waals surface area contributed by atoms with E-state index in [0.29, 0.717) is 22.7 Å². The minimum absolute atomic E-state index is 0.122. The van der Waals surface area contributed by atoms with Crippen LogP contribution in [-0.2, 0) is 0 Å². The first kappa shape index (κ1) is 16.8. The topological polar surface area (TPSA) is 96.5 Å². The molecule has 3 rings (SSSR count). The fourth-order valence-electron chi connectivity index (χ4n) is 2.51. The summed E-state index contributed by atoms with van der Waals surface area (Å²) >= 11 is 0. The van der Waals surface area contributed by atoms with Crippen LogP contribution in [0.25, 0.3) is 10.9 Å². The number of H-pyrrole nitrogens is 1. The predicted molar refractivity (Wildman–Crippen MR) is 94.4 cm³/mol. The first-order valence-corrected chi connectivity index (χ1v) is 7.80. The van der Waals surface area contributed by atoms with Crippen LogP contribution in [0, 0.1) is 6.92 Å². The van der Waals surface area contributed by atoms with Gasteiger partial charge >= 0.3 is 0 Å². The van der Waals surface area contributed by atoms with Gasteiger partial charge < -0.3 is 19.9 Å². The molecular formula is C18H19N3O4. The number of carbonyl (C=O) groups is 1. The number of aliphatic hydroxyl groups excluding tert-OH is 1. The second-order valence-corrected chi connectivity index (χ2v) is 5.47. The van der Waals surface area contributed by atoms with Crippen LogP contribution in [-0.4, -0.2) is 41.5 Å². The smallest absolute Gasteiger partial charge is 0.255 e. The van der Waals surface area contributed by atoms with Crippen LogP contribution in [0.5, 0.6) is 11.5 Å². The zero-order valence-electron chi connectivity index (χ0n) is 14.0. The van der Waals surface area contributed by atoms with Crippen LogP contribution >= 0.6 is 0 Å². The molecule has 0 bridgehead atoms. The number of aromatic nitrogens is 2. The summed E-state index contributed by atoms with van der Waals surface area (Å²) in [6, 6.07) is 10.4. The quantitative estimate of drug-likeness (QED) is 0.640. The van der Waals surface area contributed by atoms with Gasteiger partial charge in [-0.15, -0.1) is 0 Å². The first-order valence-electron chi connectivity index (χ1n) is 7.80. The second-order valence-electron chi connectivity index (χ2n) is 5.47. The zero-order chi connectivity index (χ0) is 17.8. The number of fused-ring (bicyclic) bond motifs is 1. The fourth-order valence-corrected chi connectivity index (χ4v) is 2.51. The Labute approximate surface area is 144 Å². The lowest BCUT2D eigenvalue weighted by atomic mass is 10.1. The van der Waals surface area contributed by atoms with Gasteiger partial charge in [-0.3, -0.25) is 9.89 Å². The molecule has 0 atom stereocenters. The van der Waals surface area contributed by atoms with E-state index in [9.17, 15) is 4.79 Å². The van der Waals surface area contributed by atoms with Crippen LogP contribution < -0.4 is 14.8 Å². The molecule has 7 nitrogen and oxygen atoms in total. The molecule has 1 heterocycles. The van der Waals surface area contributed by atoms with Crippen molar-refractivity contribution in [2.45, 2.75) is 6.92 Å². The summed E-state index contributed by atoms with van der Waals surface area (Å²) in [6.07, 6.45) is 0. The van der Waals surface area contributed by atoms with Gasteiger partial charge in [-0.05, 0) is 43.3 Å². The molecule has 3 N–H and O–H groups in total. The van der Waals surface area contributed by atoms with Gasteiger partial charge in [0, 0.05) is 22.3 Å². The molecule has 130 valence electrons. The van der Waals surface area contributed by atoms with E-state index in [2.05, 4.69) is 15.5 Å². The van der Waals surface area contributed by atoms with E-state index >= 15 is 0 Å². The molecule has 0 spiro atoms. The molecule has 0 aliphatic heterocycles. The van der Waals surface area contributed by atoms with E-state index in [1.54, 1.807) is 18.2 Å². The Morgan fingerprint density at radius 1 is 1.24 bits per heavy atom. The van der Waals surface area contributed by atoms with Crippen LogP contribution in [0.15, 0.2) is 36.4 Å². The number of methoxy groups -OCH3 is 1. The molecule has 3 aromatic rings. The molecule has 0 saturated heterocycles. The Bertz CT molecular complexity index is 904. The molecule has 0 fully saturated rings. The second kappa shape index (κ2) is 7.23. The number of ether oxygens (including phenoxy) is 2. The number of aromatic amines is 1. The molecule has 0 aliphatic rings. The number of hydrogen-bond donors (Lipinski definition) is 3. The van der Waals surface area contributed by atoms with Crippen molar-refractivity contribution < 1.29 is 19.4 Å². The average molecular weight is 341 g/mol. The highest BCUT2D eigenvalue weighted by Gasteiger charge is 2.12. The van der Waals surface area contributed by atoms with E-state index in [0.717, 1.165) is 16.6 Å². The molecule has 1 amide bonds. The summed E-state index contributed by atoms with van der Waals surface area (Å²) in [5.74, 6) is 0.629. The first-order chi connectivity index (χ1) is 12.1. The molecular weight excluding hydrogens is 322 g/mol. The number of nitrogens with one attached hydrogen (secondary N) is 2. The maximum atomic E-state index is 12.5.